The molecule has 0 radical (unpaired) electrons. The lowest BCUT2D eigenvalue weighted by Gasteiger charge is -2.18. The summed E-state index contributed by atoms with van der Waals surface area (Å²) in [5.41, 5.74) is 0.868. The Morgan fingerprint density at radius 1 is 1.19 bits per heavy atom. The normalized spacial score (nSPS) is 14.0. The van der Waals surface area contributed by atoms with E-state index in [0.717, 1.165) is 5.82 Å². The lowest BCUT2D eigenvalue weighted by Crippen LogP contribution is -2.33. The highest BCUT2D eigenvalue weighted by atomic mass is 19.1. The number of carbonyl (C=O) groups excluding carboxylic acids is 2. The number of nitrogens with zero attached hydrogens (tertiary/aromatic N) is 3. The van der Waals surface area contributed by atoms with Crippen molar-refractivity contribution in [3.05, 3.63) is 47.3 Å². The van der Waals surface area contributed by atoms with Gasteiger partial charge < -0.3 is 9.47 Å². The van der Waals surface area contributed by atoms with Gasteiger partial charge in [0.25, 0.3) is 11.7 Å². The summed E-state index contributed by atoms with van der Waals surface area (Å²) in [7, 11) is 0. The first-order valence-electron chi connectivity index (χ1n) is 6.63. The van der Waals surface area contributed by atoms with Gasteiger partial charge in [0, 0.05) is 25.5 Å². The zero-order valence-electron chi connectivity index (χ0n) is 11.8. The largest absolute Gasteiger partial charge is 0.333 e. The molecule has 0 unspecified atom stereocenters. The molecule has 2 heterocycles. The molecule has 1 aromatic carbocycles. The Bertz CT molecular complexity index is 751. The van der Waals surface area contributed by atoms with Crippen LogP contribution in [-0.4, -0.2) is 27.8 Å². The molecule has 0 spiro atoms. The molecule has 0 N–H and O–H groups in total. The molecular formula is C15H14FN3O2. The standard InChI is InChI=1S/C15H14FN3O2/c1-9-7-11-13(12(16)8-9)19(15(21)14(11)20)6-5-18-4-3-17-10(18)2/h3-4,7-8H,5-6H2,1-2H3. The van der Waals surface area contributed by atoms with Crippen LogP contribution in [0.15, 0.2) is 24.5 Å². The minimum atomic E-state index is -0.674. The lowest BCUT2D eigenvalue weighted by molar-refractivity contribution is -0.114. The van der Waals surface area contributed by atoms with Crippen LogP contribution in [0.4, 0.5) is 10.1 Å². The van der Waals surface area contributed by atoms with Gasteiger partial charge in [0.1, 0.15) is 11.6 Å². The zero-order valence-corrected chi connectivity index (χ0v) is 11.8. The van der Waals surface area contributed by atoms with E-state index in [4.69, 9.17) is 0 Å². The highest BCUT2D eigenvalue weighted by Gasteiger charge is 2.38. The predicted octanol–water partition coefficient (Wildman–Crippen LogP) is 1.87. The van der Waals surface area contributed by atoms with Crippen molar-refractivity contribution in [3.8, 4) is 0 Å². The number of hydrogen-bond donors (Lipinski definition) is 0. The second kappa shape index (κ2) is 4.80. The number of carbonyl (C=O) groups is 2. The lowest BCUT2D eigenvalue weighted by atomic mass is 10.1. The fraction of sp³-hybridized carbons (Fsp3) is 0.267. The number of hydrogen-bond acceptors (Lipinski definition) is 3. The van der Waals surface area contributed by atoms with Gasteiger partial charge in [-0.1, -0.05) is 0 Å². The van der Waals surface area contributed by atoms with Gasteiger partial charge in [0.15, 0.2) is 0 Å². The van der Waals surface area contributed by atoms with Crippen LogP contribution in [0.5, 0.6) is 0 Å². The summed E-state index contributed by atoms with van der Waals surface area (Å²) in [5, 5.41) is 0. The van der Waals surface area contributed by atoms with Crippen molar-refractivity contribution in [2.45, 2.75) is 20.4 Å². The van der Waals surface area contributed by atoms with Gasteiger partial charge in [-0.25, -0.2) is 9.37 Å². The fourth-order valence-electron chi connectivity index (χ4n) is 2.58. The molecule has 3 rings (SSSR count). The quantitative estimate of drug-likeness (QED) is 0.810. The molecular weight excluding hydrogens is 273 g/mol. The molecule has 0 fully saturated rings. The minimum absolute atomic E-state index is 0.0911. The second-order valence-electron chi connectivity index (χ2n) is 5.10. The van der Waals surface area contributed by atoms with Crippen LogP contribution in [0.25, 0.3) is 0 Å². The summed E-state index contributed by atoms with van der Waals surface area (Å²) in [6.45, 7) is 4.22. The monoisotopic (exact) mass is 287 g/mol. The minimum Gasteiger partial charge on any atom is -0.333 e. The van der Waals surface area contributed by atoms with Gasteiger partial charge in [0.2, 0.25) is 0 Å². The van der Waals surface area contributed by atoms with Crippen molar-refractivity contribution in [1.82, 2.24) is 9.55 Å². The maximum absolute atomic E-state index is 14.1. The third kappa shape index (κ3) is 2.12. The van der Waals surface area contributed by atoms with Gasteiger partial charge in [0.05, 0.1) is 11.3 Å². The van der Waals surface area contributed by atoms with E-state index >= 15 is 0 Å². The van der Waals surface area contributed by atoms with E-state index in [1.54, 1.807) is 25.4 Å². The number of rotatable bonds is 3. The molecule has 108 valence electrons. The summed E-state index contributed by atoms with van der Waals surface area (Å²) < 4.78 is 16.0. The van der Waals surface area contributed by atoms with E-state index in [2.05, 4.69) is 4.98 Å². The Kier molecular flexibility index (Phi) is 3.08. The molecule has 1 aromatic heterocycles. The number of imidazole rings is 1. The molecule has 1 aliphatic heterocycles. The highest BCUT2D eigenvalue weighted by molar-refractivity contribution is 6.52. The van der Waals surface area contributed by atoms with E-state index in [1.807, 2.05) is 11.5 Å². The number of benzene rings is 1. The average molecular weight is 287 g/mol. The first kappa shape index (κ1) is 13.5. The molecule has 0 saturated carbocycles. The maximum atomic E-state index is 14.1. The smallest absolute Gasteiger partial charge is 0.299 e. The number of fused-ring (bicyclic) bond motifs is 1. The predicted molar refractivity (Wildman–Crippen MR) is 74.8 cm³/mol. The Morgan fingerprint density at radius 3 is 2.62 bits per heavy atom. The van der Waals surface area contributed by atoms with Gasteiger partial charge in [-0.3, -0.25) is 9.59 Å². The molecule has 2 aromatic rings. The fourth-order valence-corrected chi connectivity index (χ4v) is 2.58. The number of halogens is 1. The van der Waals surface area contributed by atoms with Gasteiger partial charge in [-0.2, -0.15) is 0 Å². The van der Waals surface area contributed by atoms with Crippen molar-refractivity contribution >= 4 is 17.4 Å². The summed E-state index contributed by atoms with van der Waals surface area (Å²) in [6, 6.07) is 2.89. The maximum Gasteiger partial charge on any atom is 0.299 e. The van der Waals surface area contributed by atoms with Crippen LogP contribution in [0.1, 0.15) is 21.7 Å². The van der Waals surface area contributed by atoms with E-state index in [9.17, 15) is 14.0 Å². The molecule has 5 nitrogen and oxygen atoms in total. The number of Topliss-reactive ketones (excluding diaryl/α,β-unsaturated/α-hetero) is 1. The first-order chi connectivity index (χ1) is 9.99. The second-order valence-corrected chi connectivity index (χ2v) is 5.10. The van der Waals surface area contributed by atoms with Crippen molar-refractivity contribution in [3.63, 3.8) is 0 Å². The summed E-state index contributed by atoms with van der Waals surface area (Å²) in [5.74, 6) is -1.05. The van der Waals surface area contributed by atoms with Crippen LogP contribution >= 0.6 is 0 Å². The van der Waals surface area contributed by atoms with Gasteiger partial charge in [-0.05, 0) is 31.5 Å². The number of aromatic nitrogens is 2. The van der Waals surface area contributed by atoms with Crippen LogP contribution < -0.4 is 4.90 Å². The molecule has 21 heavy (non-hydrogen) atoms. The molecule has 6 heteroatoms. The molecule has 1 aliphatic rings. The van der Waals surface area contributed by atoms with Crippen molar-refractivity contribution in [2.75, 3.05) is 11.4 Å². The third-order valence-corrected chi connectivity index (χ3v) is 3.65. The number of amides is 1. The van der Waals surface area contributed by atoms with Crippen molar-refractivity contribution in [1.29, 1.82) is 0 Å². The van der Waals surface area contributed by atoms with E-state index < -0.39 is 17.5 Å². The molecule has 1 amide bonds. The Morgan fingerprint density at radius 2 is 1.95 bits per heavy atom. The van der Waals surface area contributed by atoms with E-state index in [-0.39, 0.29) is 17.8 Å². The van der Waals surface area contributed by atoms with Crippen LogP contribution in [0.3, 0.4) is 0 Å². The molecule has 0 atom stereocenters. The Balaban J connectivity index is 1.93. The molecule has 0 saturated heterocycles. The van der Waals surface area contributed by atoms with Crippen LogP contribution in [0.2, 0.25) is 0 Å². The highest BCUT2D eigenvalue weighted by Crippen LogP contribution is 2.32. The Hall–Kier alpha value is -2.50. The van der Waals surface area contributed by atoms with Crippen LogP contribution in [0, 0.1) is 19.7 Å². The van der Waals surface area contributed by atoms with Gasteiger partial charge >= 0.3 is 0 Å². The van der Waals surface area contributed by atoms with Gasteiger partial charge in [-0.15, -0.1) is 0 Å². The SMILES string of the molecule is Cc1cc(F)c2c(c1)C(=O)C(=O)N2CCn1ccnc1C. The number of anilines is 1. The summed E-state index contributed by atoms with van der Waals surface area (Å²) in [6.07, 6.45) is 3.44. The molecule has 0 aliphatic carbocycles. The topological polar surface area (TPSA) is 55.2 Å². The third-order valence-electron chi connectivity index (χ3n) is 3.65. The van der Waals surface area contributed by atoms with Crippen molar-refractivity contribution < 1.29 is 14.0 Å². The number of aryl methyl sites for hydroxylation is 2. The summed E-state index contributed by atoms with van der Waals surface area (Å²) >= 11 is 0. The van der Waals surface area contributed by atoms with E-state index in [1.165, 1.54) is 11.0 Å². The van der Waals surface area contributed by atoms with Crippen LogP contribution in [-0.2, 0) is 11.3 Å². The number of ketones is 1. The molecule has 0 bridgehead atoms. The first-order valence-corrected chi connectivity index (χ1v) is 6.63. The van der Waals surface area contributed by atoms with Crippen molar-refractivity contribution in [2.24, 2.45) is 0 Å². The zero-order chi connectivity index (χ0) is 15.1. The van der Waals surface area contributed by atoms with E-state index in [0.29, 0.717) is 12.1 Å². The Labute approximate surface area is 121 Å². The average Bonchev–Trinajstić information content (AvgIpc) is 2.93. The summed E-state index contributed by atoms with van der Waals surface area (Å²) in [4.78, 5) is 29.3.